The number of rotatable bonds is 5. The summed E-state index contributed by atoms with van der Waals surface area (Å²) in [5.41, 5.74) is -0.449. The van der Waals surface area contributed by atoms with E-state index in [1.54, 1.807) is 0 Å². The van der Waals surface area contributed by atoms with Gasteiger partial charge in [-0.1, -0.05) is 0 Å². The lowest BCUT2D eigenvalue weighted by molar-refractivity contribution is -0.385. The molecule has 2 atom stereocenters. The Hall–Kier alpha value is -2.55. The summed E-state index contributed by atoms with van der Waals surface area (Å²) in [6.45, 7) is 3.55. The maximum absolute atomic E-state index is 13.8. The average molecular weight is 392 g/mol. The first-order valence-corrected chi connectivity index (χ1v) is 9.61. The van der Waals surface area contributed by atoms with Crippen LogP contribution in [-0.4, -0.2) is 53.9 Å². The summed E-state index contributed by atoms with van der Waals surface area (Å²) < 4.78 is 13.8. The van der Waals surface area contributed by atoms with Crippen LogP contribution < -0.4 is 10.6 Å². The van der Waals surface area contributed by atoms with Gasteiger partial charge < -0.3 is 15.5 Å². The van der Waals surface area contributed by atoms with Gasteiger partial charge >= 0.3 is 0 Å². The van der Waals surface area contributed by atoms with Gasteiger partial charge in [0, 0.05) is 25.2 Å². The molecule has 2 fully saturated rings. The molecule has 2 unspecified atom stereocenters. The van der Waals surface area contributed by atoms with E-state index in [9.17, 15) is 24.1 Å². The van der Waals surface area contributed by atoms with Crippen molar-refractivity contribution < 1.29 is 18.9 Å². The lowest BCUT2D eigenvalue weighted by Crippen LogP contribution is -2.46. The molecule has 0 spiro atoms. The highest BCUT2D eigenvalue weighted by Gasteiger charge is 2.31. The van der Waals surface area contributed by atoms with E-state index in [0.717, 1.165) is 44.4 Å². The van der Waals surface area contributed by atoms with E-state index >= 15 is 0 Å². The smallest absolute Gasteiger partial charge is 0.285 e. The normalized spacial score (nSPS) is 22.1. The Balaban J connectivity index is 1.66. The standard InChI is InChI=1S/C19H25FN4O4/c1-12-8-14(20)9-15(17(12)24(27)28)19(26)23-7-3-4-13(11-23)10-22-18(25)16-5-2-6-21-16/h8-9,13,16,21H,2-7,10-11H2,1H3,(H,22,25). The number of halogens is 1. The predicted octanol–water partition coefficient (Wildman–Crippen LogP) is 1.76. The fourth-order valence-electron chi connectivity index (χ4n) is 4.00. The van der Waals surface area contributed by atoms with Crippen molar-refractivity contribution in [1.29, 1.82) is 0 Å². The molecule has 0 aliphatic carbocycles. The van der Waals surface area contributed by atoms with Crippen molar-refractivity contribution in [2.24, 2.45) is 5.92 Å². The topological polar surface area (TPSA) is 105 Å². The third-order valence-electron chi connectivity index (χ3n) is 5.43. The number of amides is 2. The second kappa shape index (κ2) is 8.64. The molecule has 2 amide bonds. The Labute approximate surface area is 162 Å². The highest BCUT2D eigenvalue weighted by atomic mass is 19.1. The van der Waals surface area contributed by atoms with Crippen LogP contribution in [0.3, 0.4) is 0 Å². The van der Waals surface area contributed by atoms with Crippen molar-refractivity contribution in [1.82, 2.24) is 15.5 Å². The van der Waals surface area contributed by atoms with Crippen LogP contribution in [0, 0.1) is 28.8 Å². The molecule has 8 nitrogen and oxygen atoms in total. The third kappa shape index (κ3) is 4.46. The minimum Gasteiger partial charge on any atom is -0.354 e. The number of carbonyl (C=O) groups is 2. The number of likely N-dealkylation sites (tertiary alicyclic amines) is 1. The number of nitrogens with zero attached hydrogens (tertiary/aromatic N) is 2. The molecule has 2 aliphatic heterocycles. The molecule has 0 bridgehead atoms. The van der Waals surface area contributed by atoms with Crippen LogP contribution in [0.1, 0.15) is 41.6 Å². The van der Waals surface area contributed by atoms with E-state index in [1.165, 1.54) is 11.8 Å². The van der Waals surface area contributed by atoms with Crippen LogP contribution in [0.15, 0.2) is 12.1 Å². The molecule has 1 aromatic rings. The summed E-state index contributed by atoms with van der Waals surface area (Å²) in [7, 11) is 0. The zero-order valence-corrected chi connectivity index (χ0v) is 15.9. The number of aryl methyl sites for hydroxylation is 1. The summed E-state index contributed by atoms with van der Waals surface area (Å²) in [5.74, 6) is -1.17. The van der Waals surface area contributed by atoms with E-state index in [1.807, 2.05) is 0 Å². The number of piperidine rings is 1. The molecule has 2 N–H and O–H groups in total. The first-order chi connectivity index (χ1) is 13.4. The summed E-state index contributed by atoms with van der Waals surface area (Å²) in [4.78, 5) is 37.3. The quantitative estimate of drug-likeness (QED) is 0.587. The largest absolute Gasteiger partial charge is 0.354 e. The van der Waals surface area contributed by atoms with Crippen molar-refractivity contribution in [3.63, 3.8) is 0 Å². The van der Waals surface area contributed by atoms with E-state index in [2.05, 4.69) is 10.6 Å². The molecule has 0 saturated carbocycles. The second-order valence-electron chi connectivity index (χ2n) is 7.53. The van der Waals surface area contributed by atoms with E-state index in [4.69, 9.17) is 0 Å². The SMILES string of the molecule is Cc1cc(F)cc(C(=O)N2CCCC(CNC(=O)C3CCCN3)C2)c1[N+](=O)[O-]. The molecule has 0 aromatic heterocycles. The first-order valence-electron chi connectivity index (χ1n) is 9.61. The molecule has 2 heterocycles. The molecule has 9 heteroatoms. The average Bonchev–Trinajstić information content (AvgIpc) is 3.19. The van der Waals surface area contributed by atoms with Crippen LogP contribution in [0.4, 0.5) is 10.1 Å². The lowest BCUT2D eigenvalue weighted by Gasteiger charge is -2.33. The number of hydrogen-bond acceptors (Lipinski definition) is 5. The zero-order valence-electron chi connectivity index (χ0n) is 15.9. The molecule has 0 radical (unpaired) electrons. The maximum atomic E-state index is 13.8. The fourth-order valence-corrected chi connectivity index (χ4v) is 4.00. The number of benzene rings is 1. The molecule has 2 aliphatic rings. The number of nitro groups is 1. The molecule has 3 rings (SSSR count). The van der Waals surface area contributed by atoms with Crippen LogP contribution in [0.5, 0.6) is 0 Å². The second-order valence-corrected chi connectivity index (χ2v) is 7.53. The monoisotopic (exact) mass is 392 g/mol. The van der Waals surface area contributed by atoms with Crippen LogP contribution in [0.25, 0.3) is 0 Å². The van der Waals surface area contributed by atoms with Gasteiger partial charge in [-0.15, -0.1) is 0 Å². The summed E-state index contributed by atoms with van der Waals surface area (Å²) >= 11 is 0. The number of carbonyl (C=O) groups excluding carboxylic acids is 2. The van der Waals surface area contributed by atoms with Gasteiger partial charge in [-0.05, 0) is 57.2 Å². The predicted molar refractivity (Wildman–Crippen MR) is 100 cm³/mol. The van der Waals surface area contributed by atoms with Gasteiger partial charge in [-0.25, -0.2) is 4.39 Å². The molecule has 28 heavy (non-hydrogen) atoms. The third-order valence-corrected chi connectivity index (χ3v) is 5.43. The number of nitro benzene ring substituents is 1. The highest BCUT2D eigenvalue weighted by Crippen LogP contribution is 2.27. The molecule has 1 aromatic carbocycles. The summed E-state index contributed by atoms with van der Waals surface area (Å²) in [6.07, 6.45) is 3.39. The van der Waals surface area contributed by atoms with Gasteiger partial charge in [-0.2, -0.15) is 0 Å². The first kappa shape index (κ1) is 20.2. The zero-order chi connectivity index (χ0) is 20.3. The maximum Gasteiger partial charge on any atom is 0.285 e. The van der Waals surface area contributed by atoms with Gasteiger partial charge in [0.1, 0.15) is 11.4 Å². The Morgan fingerprint density at radius 2 is 2.14 bits per heavy atom. The van der Waals surface area contributed by atoms with E-state index < -0.39 is 16.6 Å². The highest BCUT2D eigenvalue weighted by molar-refractivity contribution is 5.98. The van der Waals surface area contributed by atoms with Gasteiger partial charge in [0.25, 0.3) is 11.6 Å². The minimum absolute atomic E-state index is 0.0302. The van der Waals surface area contributed by atoms with Crippen LogP contribution in [-0.2, 0) is 4.79 Å². The van der Waals surface area contributed by atoms with Crippen LogP contribution in [0.2, 0.25) is 0 Å². The van der Waals surface area contributed by atoms with Gasteiger partial charge in [-0.3, -0.25) is 19.7 Å². The fraction of sp³-hybridized carbons (Fsp3) is 0.579. The Bertz CT molecular complexity index is 779. The molecular formula is C19H25FN4O4. The number of hydrogen-bond donors (Lipinski definition) is 2. The summed E-state index contributed by atoms with van der Waals surface area (Å²) in [6, 6.07) is 1.84. The van der Waals surface area contributed by atoms with Crippen molar-refractivity contribution in [3.05, 3.63) is 39.2 Å². The summed E-state index contributed by atoms with van der Waals surface area (Å²) in [5, 5.41) is 17.4. The Kier molecular flexibility index (Phi) is 6.23. The molecule has 152 valence electrons. The van der Waals surface area contributed by atoms with Gasteiger partial charge in [0.05, 0.1) is 11.0 Å². The van der Waals surface area contributed by atoms with Crippen molar-refractivity contribution in [3.8, 4) is 0 Å². The molecular weight excluding hydrogens is 367 g/mol. The van der Waals surface area contributed by atoms with E-state index in [-0.39, 0.29) is 34.7 Å². The number of nitrogens with one attached hydrogen (secondary N) is 2. The Morgan fingerprint density at radius 1 is 1.36 bits per heavy atom. The van der Waals surface area contributed by atoms with Gasteiger partial charge in [0.15, 0.2) is 0 Å². The van der Waals surface area contributed by atoms with E-state index in [0.29, 0.717) is 19.6 Å². The van der Waals surface area contributed by atoms with Crippen molar-refractivity contribution >= 4 is 17.5 Å². The van der Waals surface area contributed by atoms with Gasteiger partial charge in [0.2, 0.25) is 5.91 Å². The Morgan fingerprint density at radius 3 is 2.82 bits per heavy atom. The molecule has 2 saturated heterocycles. The lowest BCUT2D eigenvalue weighted by atomic mass is 9.96. The minimum atomic E-state index is -0.670. The van der Waals surface area contributed by atoms with Crippen molar-refractivity contribution in [2.75, 3.05) is 26.2 Å². The van der Waals surface area contributed by atoms with Crippen molar-refractivity contribution in [2.45, 2.75) is 38.6 Å². The van der Waals surface area contributed by atoms with Crippen LogP contribution >= 0.6 is 0 Å².